The van der Waals surface area contributed by atoms with Gasteiger partial charge >= 0.3 is 5.97 Å². The highest BCUT2D eigenvalue weighted by Crippen LogP contribution is 2.35. The van der Waals surface area contributed by atoms with E-state index in [0.29, 0.717) is 5.69 Å². The summed E-state index contributed by atoms with van der Waals surface area (Å²) in [4.78, 5) is 51.3. The Balaban J connectivity index is 2.42. The summed E-state index contributed by atoms with van der Waals surface area (Å²) in [5.41, 5.74) is -0.532. The molecule has 1 aliphatic rings. The Kier molecular flexibility index (Phi) is 3.59. The standard InChI is InChI=1S/C14H14N2O5/c1-14(2)11-7(4-3-5-15-11)10(19)9(12(14)20)13(21)16-6-8(17)18/h3-5,9H,6H2,1-2H3,(H,16,21)(H,17,18). The Morgan fingerprint density at radius 3 is 2.67 bits per heavy atom. The summed E-state index contributed by atoms with van der Waals surface area (Å²) in [5.74, 6) is -4.90. The van der Waals surface area contributed by atoms with E-state index in [1.54, 1.807) is 19.9 Å². The summed E-state index contributed by atoms with van der Waals surface area (Å²) in [6.07, 6.45) is 1.48. The number of fused-ring (bicyclic) bond motifs is 1. The molecule has 0 bridgehead atoms. The number of aromatic nitrogens is 1. The van der Waals surface area contributed by atoms with E-state index in [9.17, 15) is 19.2 Å². The van der Waals surface area contributed by atoms with E-state index in [1.165, 1.54) is 12.3 Å². The summed E-state index contributed by atoms with van der Waals surface area (Å²) in [6.45, 7) is 2.53. The van der Waals surface area contributed by atoms with Crippen molar-refractivity contribution < 1.29 is 24.3 Å². The molecule has 1 aromatic heterocycles. The Morgan fingerprint density at radius 2 is 2.05 bits per heavy atom. The van der Waals surface area contributed by atoms with Crippen molar-refractivity contribution in [2.45, 2.75) is 19.3 Å². The van der Waals surface area contributed by atoms with Gasteiger partial charge in [-0.25, -0.2) is 0 Å². The van der Waals surface area contributed by atoms with Gasteiger partial charge in [0.2, 0.25) is 5.91 Å². The topological polar surface area (TPSA) is 113 Å². The van der Waals surface area contributed by atoms with Gasteiger partial charge in [-0.05, 0) is 26.0 Å². The van der Waals surface area contributed by atoms with Crippen LogP contribution in [0.4, 0.5) is 0 Å². The number of aliphatic carboxylic acids is 1. The molecule has 0 fully saturated rings. The van der Waals surface area contributed by atoms with Crippen molar-refractivity contribution in [2.75, 3.05) is 6.54 Å². The molecule has 1 aromatic rings. The van der Waals surface area contributed by atoms with Crippen LogP contribution >= 0.6 is 0 Å². The first-order valence-corrected chi connectivity index (χ1v) is 6.30. The maximum atomic E-state index is 12.4. The minimum atomic E-state index is -1.53. The molecule has 1 amide bonds. The van der Waals surface area contributed by atoms with E-state index in [4.69, 9.17) is 5.11 Å². The largest absolute Gasteiger partial charge is 0.480 e. The van der Waals surface area contributed by atoms with Crippen LogP contribution in [0.1, 0.15) is 29.9 Å². The van der Waals surface area contributed by atoms with Crippen LogP contribution in [0, 0.1) is 5.92 Å². The zero-order valence-corrected chi connectivity index (χ0v) is 11.5. The van der Waals surface area contributed by atoms with Gasteiger partial charge in [0.05, 0.1) is 11.1 Å². The van der Waals surface area contributed by atoms with E-state index in [0.717, 1.165) is 0 Å². The van der Waals surface area contributed by atoms with Gasteiger partial charge in [-0.15, -0.1) is 0 Å². The highest BCUT2D eigenvalue weighted by atomic mass is 16.4. The first-order valence-electron chi connectivity index (χ1n) is 6.30. The van der Waals surface area contributed by atoms with Crippen LogP contribution in [0.25, 0.3) is 0 Å². The lowest BCUT2D eigenvalue weighted by molar-refractivity contribution is -0.140. The average molecular weight is 290 g/mol. The minimum Gasteiger partial charge on any atom is -0.480 e. The normalized spacial score (nSPS) is 19.8. The molecule has 110 valence electrons. The van der Waals surface area contributed by atoms with Crippen molar-refractivity contribution in [1.82, 2.24) is 10.3 Å². The fraction of sp³-hybridized carbons (Fsp3) is 0.357. The Hall–Kier alpha value is -2.57. The van der Waals surface area contributed by atoms with Crippen LogP contribution in [0.3, 0.4) is 0 Å². The third-order valence-electron chi connectivity index (χ3n) is 3.48. The molecule has 2 N–H and O–H groups in total. The number of amides is 1. The molecule has 0 aromatic carbocycles. The van der Waals surface area contributed by atoms with E-state index in [-0.39, 0.29) is 5.56 Å². The number of rotatable bonds is 3. The van der Waals surface area contributed by atoms with Crippen LogP contribution in [0.2, 0.25) is 0 Å². The van der Waals surface area contributed by atoms with Gasteiger partial charge in [0, 0.05) is 11.8 Å². The van der Waals surface area contributed by atoms with Gasteiger partial charge in [-0.3, -0.25) is 24.2 Å². The zero-order valence-electron chi connectivity index (χ0n) is 11.5. The molecule has 1 atom stereocenters. The second-order valence-electron chi connectivity index (χ2n) is 5.30. The molecular formula is C14H14N2O5. The monoisotopic (exact) mass is 290 g/mol. The lowest BCUT2D eigenvalue weighted by Gasteiger charge is -2.32. The van der Waals surface area contributed by atoms with E-state index >= 15 is 0 Å². The Bertz CT molecular complexity index is 651. The predicted octanol–water partition coefficient (Wildman–Crippen LogP) is -0.0584. The molecular weight excluding hydrogens is 276 g/mol. The molecule has 0 saturated heterocycles. The molecule has 21 heavy (non-hydrogen) atoms. The van der Waals surface area contributed by atoms with Crippen LogP contribution in [0.15, 0.2) is 18.3 Å². The summed E-state index contributed by atoms with van der Waals surface area (Å²) < 4.78 is 0. The van der Waals surface area contributed by atoms with E-state index < -0.39 is 41.3 Å². The average Bonchev–Trinajstić information content (AvgIpc) is 2.43. The molecule has 0 spiro atoms. The number of carbonyl (C=O) groups is 4. The van der Waals surface area contributed by atoms with Crippen LogP contribution in [-0.2, 0) is 19.8 Å². The van der Waals surface area contributed by atoms with Gasteiger partial charge in [-0.2, -0.15) is 0 Å². The molecule has 7 heteroatoms. The zero-order chi connectivity index (χ0) is 15.8. The van der Waals surface area contributed by atoms with Gasteiger partial charge in [0.1, 0.15) is 6.54 Å². The molecule has 1 aliphatic carbocycles. The quantitative estimate of drug-likeness (QED) is 0.754. The number of carboxylic acids is 1. The first-order chi connectivity index (χ1) is 9.76. The van der Waals surface area contributed by atoms with Gasteiger partial charge in [0.15, 0.2) is 17.5 Å². The summed E-state index contributed by atoms with van der Waals surface area (Å²) in [5, 5.41) is 10.6. The number of nitrogens with one attached hydrogen (secondary N) is 1. The molecule has 7 nitrogen and oxygen atoms in total. The first kappa shape index (κ1) is 14.8. The molecule has 1 unspecified atom stereocenters. The lowest BCUT2D eigenvalue weighted by Crippen LogP contribution is -2.52. The van der Waals surface area contributed by atoms with Crippen molar-refractivity contribution in [2.24, 2.45) is 5.92 Å². The van der Waals surface area contributed by atoms with Crippen molar-refractivity contribution in [3.8, 4) is 0 Å². The number of ketones is 2. The number of carboxylic acid groups (broad SMARTS) is 1. The maximum absolute atomic E-state index is 12.4. The fourth-order valence-electron chi connectivity index (χ4n) is 2.36. The number of hydrogen-bond donors (Lipinski definition) is 2. The molecule has 1 heterocycles. The van der Waals surface area contributed by atoms with Gasteiger partial charge in [-0.1, -0.05) is 0 Å². The Morgan fingerprint density at radius 1 is 1.38 bits per heavy atom. The molecule has 0 aliphatic heterocycles. The molecule has 0 radical (unpaired) electrons. The number of pyridine rings is 1. The fourth-order valence-corrected chi connectivity index (χ4v) is 2.36. The third kappa shape index (κ3) is 2.42. The number of hydrogen-bond acceptors (Lipinski definition) is 5. The van der Waals surface area contributed by atoms with E-state index in [2.05, 4.69) is 10.3 Å². The highest BCUT2D eigenvalue weighted by molar-refractivity contribution is 6.28. The van der Waals surface area contributed by atoms with Gasteiger partial charge < -0.3 is 10.4 Å². The SMILES string of the molecule is CC1(C)C(=O)C(C(=O)NCC(=O)O)C(=O)c2cccnc21. The van der Waals surface area contributed by atoms with E-state index in [1.807, 2.05) is 0 Å². The van der Waals surface area contributed by atoms with Crippen LogP contribution in [-0.4, -0.2) is 40.1 Å². The molecule has 2 rings (SSSR count). The Labute approximate surface area is 120 Å². The van der Waals surface area contributed by atoms with Crippen LogP contribution in [0.5, 0.6) is 0 Å². The van der Waals surface area contributed by atoms with Crippen molar-refractivity contribution in [3.05, 3.63) is 29.6 Å². The third-order valence-corrected chi connectivity index (χ3v) is 3.48. The van der Waals surface area contributed by atoms with Crippen molar-refractivity contribution in [1.29, 1.82) is 0 Å². The summed E-state index contributed by atoms with van der Waals surface area (Å²) in [6, 6.07) is 3.06. The smallest absolute Gasteiger partial charge is 0.322 e. The van der Waals surface area contributed by atoms with Crippen LogP contribution < -0.4 is 5.32 Å². The second-order valence-corrected chi connectivity index (χ2v) is 5.30. The highest BCUT2D eigenvalue weighted by Gasteiger charge is 2.50. The predicted molar refractivity (Wildman–Crippen MR) is 70.7 cm³/mol. The summed E-state index contributed by atoms with van der Waals surface area (Å²) >= 11 is 0. The van der Waals surface area contributed by atoms with Crippen molar-refractivity contribution in [3.63, 3.8) is 0 Å². The number of nitrogens with zero attached hydrogens (tertiary/aromatic N) is 1. The molecule has 0 saturated carbocycles. The van der Waals surface area contributed by atoms with Gasteiger partial charge in [0.25, 0.3) is 0 Å². The minimum absolute atomic E-state index is 0.220. The lowest BCUT2D eigenvalue weighted by atomic mass is 9.69. The number of Topliss-reactive ketones (excluding diaryl/α,β-unsaturated/α-hetero) is 2. The summed E-state index contributed by atoms with van der Waals surface area (Å²) in [7, 11) is 0. The van der Waals surface area contributed by atoms with Crippen molar-refractivity contribution >= 4 is 23.4 Å². The maximum Gasteiger partial charge on any atom is 0.322 e. The second kappa shape index (κ2) is 5.08. The number of carbonyl (C=O) groups excluding carboxylic acids is 3.